The van der Waals surface area contributed by atoms with Gasteiger partial charge in [-0.15, -0.1) is 0 Å². The third-order valence-electron chi connectivity index (χ3n) is 3.15. The van der Waals surface area contributed by atoms with Crippen LogP contribution in [0.2, 0.25) is 0 Å². The smallest absolute Gasteiger partial charge is 0.343 e. The molecule has 0 atom stereocenters. The molecule has 0 amide bonds. The van der Waals surface area contributed by atoms with E-state index in [1.165, 1.54) is 4.57 Å². The van der Waals surface area contributed by atoms with Crippen LogP contribution in [0.15, 0.2) is 17.1 Å². The van der Waals surface area contributed by atoms with E-state index in [4.69, 9.17) is 0 Å². The first-order valence-corrected chi connectivity index (χ1v) is 6.04. The highest BCUT2D eigenvalue weighted by atomic mass is 19.1. The summed E-state index contributed by atoms with van der Waals surface area (Å²) in [5, 5.41) is -0.466. The minimum atomic E-state index is -1.16. The number of pyridine rings is 1. The maximum absolute atomic E-state index is 14.0. The Morgan fingerprint density at radius 2 is 2.05 bits per heavy atom. The number of aromatic nitrogens is 1. The van der Waals surface area contributed by atoms with E-state index >= 15 is 0 Å². The molecule has 1 heterocycles. The molecule has 21 heavy (non-hydrogen) atoms. The van der Waals surface area contributed by atoms with E-state index in [1.54, 1.807) is 6.92 Å². The topological polar surface area (TPSA) is 65.4 Å². The fraction of sp³-hybridized carbons (Fsp3) is 0.214. The third kappa shape index (κ3) is 2.20. The summed E-state index contributed by atoms with van der Waals surface area (Å²) in [5.74, 6) is -3.08. The number of ether oxygens (including phenoxy) is 1. The van der Waals surface area contributed by atoms with E-state index in [0.29, 0.717) is 6.07 Å². The zero-order valence-electron chi connectivity index (χ0n) is 11.3. The maximum Gasteiger partial charge on any atom is 0.343 e. The Morgan fingerprint density at radius 1 is 1.38 bits per heavy atom. The number of aldehydes is 1. The van der Waals surface area contributed by atoms with Crippen molar-refractivity contribution in [2.24, 2.45) is 0 Å². The monoisotopic (exact) mass is 295 g/mol. The van der Waals surface area contributed by atoms with E-state index in [2.05, 4.69) is 4.74 Å². The molecule has 110 valence electrons. The van der Waals surface area contributed by atoms with Crippen molar-refractivity contribution in [3.63, 3.8) is 0 Å². The highest BCUT2D eigenvalue weighted by Crippen LogP contribution is 2.22. The van der Waals surface area contributed by atoms with Gasteiger partial charge in [0.1, 0.15) is 11.4 Å². The Hall–Kier alpha value is -2.57. The first-order valence-electron chi connectivity index (χ1n) is 6.04. The van der Waals surface area contributed by atoms with E-state index in [9.17, 15) is 23.2 Å². The lowest BCUT2D eigenvalue weighted by Gasteiger charge is -2.13. The highest BCUT2D eigenvalue weighted by molar-refractivity contribution is 6.01. The predicted octanol–water partition coefficient (Wildman–Crippen LogP) is 1.90. The van der Waals surface area contributed by atoms with Gasteiger partial charge in [0, 0.05) is 18.8 Å². The van der Waals surface area contributed by atoms with Crippen LogP contribution in [0.4, 0.5) is 8.78 Å². The number of rotatable bonds is 3. The fourth-order valence-corrected chi connectivity index (χ4v) is 2.17. The Balaban J connectivity index is 3.11. The highest BCUT2D eigenvalue weighted by Gasteiger charge is 2.22. The van der Waals surface area contributed by atoms with Crippen molar-refractivity contribution in [2.75, 3.05) is 7.11 Å². The van der Waals surface area contributed by atoms with Crippen LogP contribution in [0, 0.1) is 11.6 Å². The van der Waals surface area contributed by atoms with Gasteiger partial charge in [0.05, 0.1) is 23.6 Å². The number of benzene rings is 1. The molecule has 5 nitrogen and oxygen atoms in total. The van der Waals surface area contributed by atoms with Gasteiger partial charge in [-0.1, -0.05) is 0 Å². The van der Waals surface area contributed by atoms with Crippen LogP contribution in [-0.2, 0) is 11.3 Å². The normalized spacial score (nSPS) is 10.7. The average molecular weight is 295 g/mol. The molecule has 2 rings (SSSR count). The second-order valence-electron chi connectivity index (χ2n) is 4.24. The summed E-state index contributed by atoms with van der Waals surface area (Å²) < 4.78 is 33.4. The second kappa shape index (κ2) is 5.43. The Bertz CT molecular complexity index is 811. The molecule has 0 spiro atoms. The number of nitrogens with zero attached hydrogens (tertiary/aromatic N) is 1. The first-order chi connectivity index (χ1) is 9.96. The maximum atomic E-state index is 14.0. The molecule has 0 radical (unpaired) electrons. The van der Waals surface area contributed by atoms with Gasteiger partial charge in [-0.05, 0) is 6.92 Å². The number of methoxy groups -OCH3 is 1. The van der Waals surface area contributed by atoms with Crippen LogP contribution in [0.5, 0.6) is 0 Å². The standard InChI is InChI=1S/C14H11F2NO4/c1-3-17-5-7(14(20)21-2)13(19)11-8(6-18)9(15)4-10(16)12(11)17/h4-6H,3H2,1-2H3. The molecule has 1 aromatic heterocycles. The molecule has 1 aromatic carbocycles. The summed E-state index contributed by atoms with van der Waals surface area (Å²) in [6.07, 6.45) is 1.26. The summed E-state index contributed by atoms with van der Waals surface area (Å²) >= 11 is 0. The van der Waals surface area contributed by atoms with Crippen molar-refractivity contribution >= 4 is 23.2 Å². The van der Waals surface area contributed by atoms with E-state index < -0.39 is 34.0 Å². The number of carbonyl (C=O) groups is 2. The first kappa shape index (κ1) is 14.8. The lowest BCUT2D eigenvalue weighted by molar-refractivity contribution is 0.0598. The summed E-state index contributed by atoms with van der Waals surface area (Å²) in [6, 6.07) is 0.537. The van der Waals surface area contributed by atoms with Crippen LogP contribution in [0.25, 0.3) is 10.9 Å². The van der Waals surface area contributed by atoms with Crippen molar-refractivity contribution in [3.8, 4) is 0 Å². The van der Waals surface area contributed by atoms with E-state index in [-0.39, 0.29) is 23.9 Å². The van der Waals surface area contributed by atoms with Crippen LogP contribution in [0.1, 0.15) is 27.6 Å². The van der Waals surface area contributed by atoms with Crippen molar-refractivity contribution < 1.29 is 23.1 Å². The van der Waals surface area contributed by atoms with Crippen LogP contribution >= 0.6 is 0 Å². The van der Waals surface area contributed by atoms with Gasteiger partial charge in [-0.25, -0.2) is 13.6 Å². The van der Waals surface area contributed by atoms with Gasteiger partial charge < -0.3 is 9.30 Å². The summed E-state index contributed by atoms with van der Waals surface area (Å²) in [5.41, 5.74) is -2.13. The van der Waals surface area contributed by atoms with Crippen molar-refractivity contribution in [1.29, 1.82) is 0 Å². The molecule has 0 aliphatic rings. The van der Waals surface area contributed by atoms with E-state index in [0.717, 1.165) is 13.3 Å². The van der Waals surface area contributed by atoms with Gasteiger partial charge in [0.25, 0.3) is 0 Å². The molecule has 2 aromatic rings. The van der Waals surface area contributed by atoms with Crippen LogP contribution < -0.4 is 5.43 Å². The van der Waals surface area contributed by atoms with E-state index in [1.807, 2.05) is 0 Å². The molecule has 0 aliphatic carbocycles. The van der Waals surface area contributed by atoms with Gasteiger partial charge in [0.2, 0.25) is 5.43 Å². The lowest BCUT2D eigenvalue weighted by atomic mass is 10.0. The Morgan fingerprint density at radius 3 is 2.57 bits per heavy atom. The van der Waals surface area contributed by atoms with Gasteiger partial charge >= 0.3 is 5.97 Å². The number of hydrogen-bond acceptors (Lipinski definition) is 4. The molecule has 0 N–H and O–H groups in total. The Labute approximate surface area is 117 Å². The number of halogens is 2. The van der Waals surface area contributed by atoms with Crippen molar-refractivity contribution in [2.45, 2.75) is 13.5 Å². The second-order valence-corrected chi connectivity index (χ2v) is 4.24. The minimum Gasteiger partial charge on any atom is -0.465 e. The molecule has 0 aliphatic heterocycles. The number of carbonyl (C=O) groups excluding carboxylic acids is 2. The zero-order valence-corrected chi connectivity index (χ0v) is 11.3. The Kier molecular flexibility index (Phi) is 3.84. The fourth-order valence-electron chi connectivity index (χ4n) is 2.17. The van der Waals surface area contributed by atoms with Gasteiger partial charge in [0.15, 0.2) is 12.1 Å². The van der Waals surface area contributed by atoms with Crippen LogP contribution in [-0.4, -0.2) is 23.9 Å². The number of aryl methyl sites for hydroxylation is 1. The molecule has 0 saturated heterocycles. The summed E-state index contributed by atoms with van der Waals surface area (Å²) in [6.45, 7) is 1.86. The largest absolute Gasteiger partial charge is 0.465 e. The van der Waals surface area contributed by atoms with Crippen molar-refractivity contribution in [1.82, 2.24) is 4.57 Å². The molecular weight excluding hydrogens is 284 g/mol. The van der Waals surface area contributed by atoms with Gasteiger partial charge in [-0.2, -0.15) is 0 Å². The molecule has 0 unspecified atom stereocenters. The molecule has 0 saturated carbocycles. The quantitative estimate of drug-likeness (QED) is 0.641. The average Bonchev–Trinajstić information content (AvgIpc) is 2.47. The van der Waals surface area contributed by atoms with Gasteiger partial charge in [-0.3, -0.25) is 9.59 Å². The molecular formula is C14H11F2NO4. The van der Waals surface area contributed by atoms with Crippen molar-refractivity contribution in [3.05, 3.63) is 45.2 Å². The molecule has 0 bridgehead atoms. The SMILES string of the molecule is CCn1cc(C(=O)OC)c(=O)c2c(C=O)c(F)cc(F)c21. The molecule has 7 heteroatoms. The predicted molar refractivity (Wildman–Crippen MR) is 70.5 cm³/mol. The lowest BCUT2D eigenvalue weighted by Crippen LogP contribution is -2.22. The number of fused-ring (bicyclic) bond motifs is 1. The zero-order chi connectivity index (χ0) is 15.7. The summed E-state index contributed by atoms with van der Waals surface area (Å²) in [7, 11) is 1.08. The minimum absolute atomic E-state index is 0.125. The third-order valence-corrected chi connectivity index (χ3v) is 3.15. The summed E-state index contributed by atoms with van der Waals surface area (Å²) in [4.78, 5) is 34.9. The molecule has 0 fully saturated rings. The van der Waals surface area contributed by atoms with Crippen LogP contribution in [0.3, 0.4) is 0 Å². The number of hydrogen-bond donors (Lipinski definition) is 0. The number of esters is 1.